The molecular weight excluding hydrogens is 176 g/mol. The highest BCUT2D eigenvalue weighted by Gasteiger charge is 2.22. The standard InChI is InChI=1S/C9H18N2O.C2H6/c1-8(12)9-3-2-5-11(7-9)6-4-10;1-2/h9H,2-7,10H2,1H3;1-2H3. The molecular formula is C11H24N2O. The van der Waals surface area contributed by atoms with Gasteiger partial charge in [-0.2, -0.15) is 0 Å². The van der Waals surface area contributed by atoms with E-state index < -0.39 is 0 Å². The lowest BCUT2D eigenvalue weighted by molar-refractivity contribution is -0.122. The lowest BCUT2D eigenvalue weighted by atomic mass is 9.95. The van der Waals surface area contributed by atoms with Gasteiger partial charge in [-0.25, -0.2) is 0 Å². The van der Waals surface area contributed by atoms with E-state index in [2.05, 4.69) is 4.90 Å². The van der Waals surface area contributed by atoms with Gasteiger partial charge in [0.2, 0.25) is 0 Å². The van der Waals surface area contributed by atoms with Crippen LogP contribution in [-0.4, -0.2) is 36.9 Å². The van der Waals surface area contributed by atoms with Crippen LogP contribution in [0, 0.1) is 5.92 Å². The maximum absolute atomic E-state index is 11.1. The third-order valence-corrected chi connectivity index (χ3v) is 2.53. The molecule has 1 heterocycles. The Morgan fingerprint density at radius 2 is 2.14 bits per heavy atom. The Kier molecular flexibility index (Phi) is 7.71. The molecule has 0 amide bonds. The first kappa shape index (κ1) is 13.6. The molecule has 0 aromatic rings. The predicted molar refractivity (Wildman–Crippen MR) is 60.2 cm³/mol. The summed E-state index contributed by atoms with van der Waals surface area (Å²) in [5.41, 5.74) is 5.45. The number of nitrogens with zero attached hydrogens (tertiary/aromatic N) is 1. The van der Waals surface area contributed by atoms with Crippen molar-refractivity contribution in [3.8, 4) is 0 Å². The van der Waals surface area contributed by atoms with Crippen LogP contribution >= 0.6 is 0 Å². The monoisotopic (exact) mass is 200 g/mol. The van der Waals surface area contributed by atoms with Gasteiger partial charge in [-0.05, 0) is 26.3 Å². The zero-order valence-corrected chi connectivity index (χ0v) is 9.75. The van der Waals surface area contributed by atoms with Crippen LogP contribution < -0.4 is 5.73 Å². The van der Waals surface area contributed by atoms with Gasteiger partial charge >= 0.3 is 0 Å². The largest absolute Gasteiger partial charge is 0.329 e. The van der Waals surface area contributed by atoms with Crippen molar-refractivity contribution < 1.29 is 4.79 Å². The van der Waals surface area contributed by atoms with E-state index in [0.29, 0.717) is 12.3 Å². The number of hydrogen-bond acceptors (Lipinski definition) is 3. The zero-order valence-electron chi connectivity index (χ0n) is 9.75. The van der Waals surface area contributed by atoms with E-state index in [1.54, 1.807) is 6.92 Å². The quantitative estimate of drug-likeness (QED) is 0.746. The molecule has 3 nitrogen and oxygen atoms in total. The van der Waals surface area contributed by atoms with Gasteiger partial charge < -0.3 is 10.6 Å². The van der Waals surface area contributed by atoms with Crippen molar-refractivity contribution in [2.45, 2.75) is 33.6 Å². The summed E-state index contributed by atoms with van der Waals surface area (Å²) in [7, 11) is 0. The lowest BCUT2D eigenvalue weighted by Crippen LogP contribution is -2.40. The number of ketones is 1. The minimum Gasteiger partial charge on any atom is -0.329 e. The number of carbonyl (C=O) groups excluding carboxylic acids is 1. The summed E-state index contributed by atoms with van der Waals surface area (Å²) in [6, 6.07) is 0. The number of likely N-dealkylation sites (tertiary alicyclic amines) is 1. The molecule has 0 aromatic carbocycles. The molecule has 3 heteroatoms. The molecule has 1 aliphatic rings. The van der Waals surface area contributed by atoms with Crippen LogP contribution in [0.2, 0.25) is 0 Å². The number of nitrogens with two attached hydrogens (primary N) is 1. The van der Waals surface area contributed by atoms with Crippen molar-refractivity contribution in [2.24, 2.45) is 11.7 Å². The van der Waals surface area contributed by atoms with Crippen LogP contribution in [0.25, 0.3) is 0 Å². The minimum atomic E-state index is 0.269. The molecule has 1 fully saturated rings. The highest BCUT2D eigenvalue weighted by Crippen LogP contribution is 2.16. The fourth-order valence-electron chi connectivity index (χ4n) is 1.77. The molecule has 0 saturated carbocycles. The minimum absolute atomic E-state index is 0.269. The maximum atomic E-state index is 11.1. The van der Waals surface area contributed by atoms with E-state index in [1.807, 2.05) is 13.8 Å². The second kappa shape index (κ2) is 7.94. The summed E-state index contributed by atoms with van der Waals surface area (Å²) in [4.78, 5) is 13.4. The van der Waals surface area contributed by atoms with Crippen LogP contribution in [0.4, 0.5) is 0 Å². The molecule has 0 bridgehead atoms. The van der Waals surface area contributed by atoms with Gasteiger partial charge in [0.1, 0.15) is 5.78 Å². The van der Waals surface area contributed by atoms with Gasteiger partial charge in [-0.1, -0.05) is 13.8 Å². The van der Waals surface area contributed by atoms with Crippen molar-refractivity contribution in [3.63, 3.8) is 0 Å². The van der Waals surface area contributed by atoms with Gasteiger partial charge in [0.05, 0.1) is 0 Å². The molecule has 1 aliphatic heterocycles. The Morgan fingerprint density at radius 3 is 2.64 bits per heavy atom. The molecule has 1 rings (SSSR count). The van der Waals surface area contributed by atoms with Gasteiger partial charge in [-0.15, -0.1) is 0 Å². The summed E-state index contributed by atoms with van der Waals surface area (Å²) >= 11 is 0. The first-order chi connectivity index (χ1) is 6.74. The average molecular weight is 200 g/mol. The second-order valence-electron chi connectivity index (χ2n) is 3.54. The topological polar surface area (TPSA) is 46.3 Å². The van der Waals surface area contributed by atoms with Crippen LogP contribution in [0.5, 0.6) is 0 Å². The smallest absolute Gasteiger partial charge is 0.134 e. The molecule has 0 aromatic heterocycles. The predicted octanol–water partition coefficient (Wildman–Crippen LogP) is 1.27. The second-order valence-corrected chi connectivity index (χ2v) is 3.54. The Morgan fingerprint density at radius 1 is 1.50 bits per heavy atom. The third kappa shape index (κ3) is 4.72. The van der Waals surface area contributed by atoms with Crippen molar-refractivity contribution >= 4 is 5.78 Å². The van der Waals surface area contributed by atoms with Gasteiger partial charge in [-0.3, -0.25) is 4.79 Å². The molecule has 1 unspecified atom stereocenters. The Bertz CT molecular complexity index is 157. The molecule has 1 saturated heterocycles. The Labute approximate surface area is 87.6 Å². The van der Waals surface area contributed by atoms with Gasteiger partial charge in [0, 0.05) is 25.6 Å². The number of piperidine rings is 1. The normalized spacial score (nSPS) is 22.4. The molecule has 0 radical (unpaired) electrons. The van der Waals surface area contributed by atoms with Crippen molar-refractivity contribution in [2.75, 3.05) is 26.2 Å². The fraction of sp³-hybridized carbons (Fsp3) is 0.909. The van der Waals surface area contributed by atoms with E-state index in [1.165, 1.54) is 0 Å². The van der Waals surface area contributed by atoms with Crippen LogP contribution in [0.15, 0.2) is 0 Å². The van der Waals surface area contributed by atoms with Crippen molar-refractivity contribution in [1.29, 1.82) is 0 Å². The van der Waals surface area contributed by atoms with E-state index in [4.69, 9.17) is 5.73 Å². The van der Waals surface area contributed by atoms with Gasteiger partial charge in [0.25, 0.3) is 0 Å². The zero-order chi connectivity index (χ0) is 11.0. The summed E-state index contributed by atoms with van der Waals surface area (Å²) < 4.78 is 0. The lowest BCUT2D eigenvalue weighted by Gasteiger charge is -2.30. The SMILES string of the molecule is CC.CC(=O)C1CCCN(CCN)C1. The van der Waals surface area contributed by atoms with Crippen LogP contribution in [-0.2, 0) is 4.79 Å². The first-order valence-corrected chi connectivity index (χ1v) is 5.67. The molecule has 14 heavy (non-hydrogen) atoms. The average Bonchev–Trinajstić information content (AvgIpc) is 2.22. The van der Waals surface area contributed by atoms with E-state index in [0.717, 1.165) is 32.5 Å². The molecule has 0 aliphatic carbocycles. The molecule has 1 atom stereocenters. The Hall–Kier alpha value is -0.410. The maximum Gasteiger partial charge on any atom is 0.134 e. The number of Topliss-reactive ketones (excluding diaryl/α,β-unsaturated/α-hetero) is 1. The summed E-state index contributed by atoms with van der Waals surface area (Å²) in [6.07, 6.45) is 2.21. The highest BCUT2D eigenvalue weighted by molar-refractivity contribution is 5.78. The molecule has 84 valence electrons. The highest BCUT2D eigenvalue weighted by atomic mass is 16.1. The molecule has 0 spiro atoms. The molecule has 2 N–H and O–H groups in total. The summed E-state index contributed by atoms with van der Waals surface area (Å²) in [5.74, 6) is 0.599. The van der Waals surface area contributed by atoms with E-state index in [9.17, 15) is 4.79 Å². The van der Waals surface area contributed by atoms with Crippen LogP contribution in [0.1, 0.15) is 33.6 Å². The summed E-state index contributed by atoms with van der Waals surface area (Å²) in [5, 5.41) is 0. The fourth-order valence-corrected chi connectivity index (χ4v) is 1.77. The number of hydrogen-bond donors (Lipinski definition) is 1. The van der Waals surface area contributed by atoms with Crippen molar-refractivity contribution in [3.05, 3.63) is 0 Å². The van der Waals surface area contributed by atoms with Gasteiger partial charge in [0.15, 0.2) is 0 Å². The van der Waals surface area contributed by atoms with Crippen LogP contribution in [0.3, 0.4) is 0 Å². The van der Waals surface area contributed by atoms with Crippen molar-refractivity contribution in [1.82, 2.24) is 4.90 Å². The van der Waals surface area contributed by atoms with E-state index >= 15 is 0 Å². The number of carbonyl (C=O) groups is 1. The first-order valence-electron chi connectivity index (χ1n) is 5.67. The van der Waals surface area contributed by atoms with E-state index in [-0.39, 0.29) is 5.92 Å². The summed E-state index contributed by atoms with van der Waals surface area (Å²) in [6.45, 7) is 9.36. The number of rotatable bonds is 3. The third-order valence-electron chi connectivity index (χ3n) is 2.53. The Balaban J connectivity index is 0.000000791.